The maximum Gasteiger partial charge on any atom is 0.0621 e. The Balaban J connectivity index is 2.45. The molecular weight excluding hydrogens is 140 g/mol. The maximum absolute atomic E-state index is 5.36. The molecule has 0 bridgehead atoms. The second-order valence-electron chi connectivity index (χ2n) is 3.34. The predicted octanol–water partition coefficient (Wildman–Crippen LogP) is 1.84. The molecule has 1 aliphatic carbocycles. The van der Waals surface area contributed by atoms with Crippen LogP contribution in [0.1, 0.15) is 26.2 Å². The Bertz CT molecular complexity index is 102. The lowest BCUT2D eigenvalue weighted by molar-refractivity contribution is -0.0556. The van der Waals surface area contributed by atoms with Crippen molar-refractivity contribution in [1.29, 1.82) is 0 Å². The molecule has 2 heteroatoms. The highest BCUT2D eigenvalue weighted by molar-refractivity contribution is 4.80. The van der Waals surface area contributed by atoms with Crippen LogP contribution in [-0.4, -0.2) is 26.4 Å². The fourth-order valence-electron chi connectivity index (χ4n) is 1.95. The van der Waals surface area contributed by atoms with Gasteiger partial charge in [-0.1, -0.05) is 6.92 Å². The zero-order chi connectivity index (χ0) is 8.27. The Kier molecular flexibility index (Phi) is 3.34. The first-order valence-corrected chi connectivity index (χ1v) is 4.35. The molecular formula is C9H18O2. The lowest BCUT2D eigenvalue weighted by Gasteiger charge is -2.33. The molecule has 0 aromatic rings. The summed E-state index contributed by atoms with van der Waals surface area (Å²) in [6.07, 6.45) is 4.44. The van der Waals surface area contributed by atoms with Crippen molar-refractivity contribution in [3.8, 4) is 0 Å². The molecule has 1 rings (SSSR count). The van der Waals surface area contributed by atoms with E-state index in [2.05, 4.69) is 6.92 Å². The fraction of sp³-hybridized carbons (Fsp3) is 1.00. The minimum Gasteiger partial charge on any atom is -0.381 e. The van der Waals surface area contributed by atoms with Crippen LogP contribution in [0.25, 0.3) is 0 Å². The van der Waals surface area contributed by atoms with Crippen LogP contribution in [0, 0.1) is 5.92 Å². The molecule has 0 N–H and O–H groups in total. The smallest absolute Gasteiger partial charge is 0.0621 e. The van der Waals surface area contributed by atoms with E-state index in [-0.39, 0.29) is 0 Å². The number of hydrogen-bond donors (Lipinski definition) is 0. The second-order valence-corrected chi connectivity index (χ2v) is 3.34. The zero-order valence-corrected chi connectivity index (χ0v) is 7.67. The van der Waals surface area contributed by atoms with E-state index in [4.69, 9.17) is 9.47 Å². The van der Waals surface area contributed by atoms with Crippen molar-refractivity contribution in [1.82, 2.24) is 0 Å². The Labute approximate surface area is 68.9 Å². The fourth-order valence-corrected chi connectivity index (χ4v) is 1.95. The number of rotatable bonds is 2. The summed E-state index contributed by atoms with van der Waals surface area (Å²) >= 11 is 0. The van der Waals surface area contributed by atoms with Crippen LogP contribution in [0.5, 0.6) is 0 Å². The molecule has 0 spiro atoms. The van der Waals surface area contributed by atoms with Crippen molar-refractivity contribution < 1.29 is 9.47 Å². The van der Waals surface area contributed by atoms with E-state index < -0.39 is 0 Å². The lowest BCUT2D eigenvalue weighted by Crippen LogP contribution is -2.36. The average Bonchev–Trinajstić information content (AvgIpc) is 2.05. The van der Waals surface area contributed by atoms with Crippen molar-refractivity contribution in [3.63, 3.8) is 0 Å². The van der Waals surface area contributed by atoms with Gasteiger partial charge in [-0.2, -0.15) is 0 Å². The van der Waals surface area contributed by atoms with Gasteiger partial charge in [-0.15, -0.1) is 0 Å². The molecule has 0 aliphatic heterocycles. The summed E-state index contributed by atoms with van der Waals surface area (Å²) in [6, 6.07) is 0. The van der Waals surface area contributed by atoms with Gasteiger partial charge in [0.25, 0.3) is 0 Å². The first-order chi connectivity index (χ1) is 5.29. The Morgan fingerprint density at radius 3 is 1.82 bits per heavy atom. The SMILES string of the molecule is CO[C@H]1CCC[C@@H](OC)C1C. The van der Waals surface area contributed by atoms with Crippen LogP contribution in [0.2, 0.25) is 0 Å². The van der Waals surface area contributed by atoms with Gasteiger partial charge in [0.2, 0.25) is 0 Å². The Hall–Kier alpha value is -0.0800. The molecule has 1 saturated carbocycles. The number of ether oxygens (including phenoxy) is 2. The van der Waals surface area contributed by atoms with Gasteiger partial charge in [-0.3, -0.25) is 0 Å². The van der Waals surface area contributed by atoms with E-state index in [0.717, 1.165) is 0 Å². The number of methoxy groups -OCH3 is 2. The topological polar surface area (TPSA) is 18.5 Å². The zero-order valence-electron chi connectivity index (χ0n) is 7.67. The highest BCUT2D eigenvalue weighted by Crippen LogP contribution is 2.28. The lowest BCUT2D eigenvalue weighted by atomic mass is 9.85. The van der Waals surface area contributed by atoms with Gasteiger partial charge in [0.1, 0.15) is 0 Å². The molecule has 0 saturated heterocycles. The molecule has 0 amide bonds. The molecule has 0 heterocycles. The van der Waals surface area contributed by atoms with Crippen molar-refractivity contribution in [3.05, 3.63) is 0 Å². The van der Waals surface area contributed by atoms with E-state index in [1.54, 1.807) is 14.2 Å². The molecule has 1 unspecified atom stereocenters. The second kappa shape index (κ2) is 4.07. The summed E-state index contributed by atoms with van der Waals surface area (Å²) in [5.74, 6) is 0.554. The van der Waals surface area contributed by atoms with Gasteiger partial charge < -0.3 is 9.47 Å². The maximum atomic E-state index is 5.36. The molecule has 0 aromatic carbocycles. The van der Waals surface area contributed by atoms with E-state index >= 15 is 0 Å². The minimum absolute atomic E-state index is 0.411. The standard InChI is InChI=1S/C9H18O2/c1-7-8(10-2)5-4-6-9(7)11-3/h7-9H,4-6H2,1-3H3/t7?,8-,9+. The molecule has 3 atom stereocenters. The van der Waals surface area contributed by atoms with Crippen LogP contribution >= 0.6 is 0 Å². The predicted molar refractivity (Wildman–Crippen MR) is 44.6 cm³/mol. The van der Waals surface area contributed by atoms with Crippen LogP contribution in [0.4, 0.5) is 0 Å². The summed E-state index contributed by atoms with van der Waals surface area (Å²) in [5, 5.41) is 0. The molecule has 1 fully saturated rings. The van der Waals surface area contributed by atoms with E-state index in [1.807, 2.05) is 0 Å². The third kappa shape index (κ3) is 1.94. The van der Waals surface area contributed by atoms with Gasteiger partial charge >= 0.3 is 0 Å². The molecule has 0 aromatic heterocycles. The van der Waals surface area contributed by atoms with E-state index in [0.29, 0.717) is 18.1 Å². The van der Waals surface area contributed by atoms with Gasteiger partial charge in [-0.25, -0.2) is 0 Å². The summed E-state index contributed by atoms with van der Waals surface area (Å²) in [4.78, 5) is 0. The van der Waals surface area contributed by atoms with Crippen LogP contribution in [-0.2, 0) is 9.47 Å². The van der Waals surface area contributed by atoms with E-state index in [1.165, 1.54) is 19.3 Å². The van der Waals surface area contributed by atoms with E-state index in [9.17, 15) is 0 Å². The molecule has 11 heavy (non-hydrogen) atoms. The van der Waals surface area contributed by atoms with Crippen molar-refractivity contribution in [2.24, 2.45) is 5.92 Å². The first-order valence-electron chi connectivity index (χ1n) is 4.35. The quantitative estimate of drug-likeness (QED) is 0.610. The van der Waals surface area contributed by atoms with Gasteiger partial charge in [0.15, 0.2) is 0 Å². The van der Waals surface area contributed by atoms with Gasteiger partial charge in [0, 0.05) is 20.1 Å². The largest absolute Gasteiger partial charge is 0.381 e. The third-order valence-electron chi connectivity index (χ3n) is 2.76. The Morgan fingerprint density at radius 2 is 1.45 bits per heavy atom. The summed E-state index contributed by atoms with van der Waals surface area (Å²) in [6.45, 7) is 2.21. The van der Waals surface area contributed by atoms with Crippen LogP contribution in [0.3, 0.4) is 0 Å². The van der Waals surface area contributed by atoms with Crippen molar-refractivity contribution in [2.75, 3.05) is 14.2 Å². The van der Waals surface area contributed by atoms with Crippen LogP contribution in [0.15, 0.2) is 0 Å². The average molecular weight is 158 g/mol. The first kappa shape index (κ1) is 9.01. The number of hydrogen-bond acceptors (Lipinski definition) is 2. The summed E-state index contributed by atoms with van der Waals surface area (Å²) in [5.41, 5.74) is 0. The highest BCUT2D eigenvalue weighted by Gasteiger charge is 2.29. The van der Waals surface area contributed by atoms with Crippen molar-refractivity contribution in [2.45, 2.75) is 38.4 Å². The summed E-state index contributed by atoms with van der Waals surface area (Å²) in [7, 11) is 3.58. The minimum atomic E-state index is 0.411. The monoisotopic (exact) mass is 158 g/mol. The third-order valence-corrected chi connectivity index (χ3v) is 2.76. The highest BCUT2D eigenvalue weighted by atomic mass is 16.5. The molecule has 2 nitrogen and oxygen atoms in total. The van der Waals surface area contributed by atoms with Crippen molar-refractivity contribution >= 4 is 0 Å². The summed E-state index contributed by atoms with van der Waals surface area (Å²) < 4.78 is 10.7. The molecule has 1 aliphatic rings. The molecule has 0 radical (unpaired) electrons. The molecule has 66 valence electrons. The normalized spacial score (nSPS) is 39.0. The Morgan fingerprint density at radius 1 is 1.00 bits per heavy atom. The van der Waals surface area contributed by atoms with Gasteiger partial charge in [0.05, 0.1) is 12.2 Å². The van der Waals surface area contributed by atoms with Crippen LogP contribution < -0.4 is 0 Å². The van der Waals surface area contributed by atoms with Gasteiger partial charge in [-0.05, 0) is 19.3 Å².